The van der Waals surface area contributed by atoms with Crippen LogP contribution in [0.25, 0.3) is 11.3 Å². The summed E-state index contributed by atoms with van der Waals surface area (Å²) >= 11 is 1.40. The molecule has 0 bridgehead atoms. The molecule has 1 atom stereocenters. The number of amides is 3. The number of carbonyl (C=O) groups is 3. The van der Waals surface area contributed by atoms with Gasteiger partial charge in [-0.05, 0) is 83.9 Å². The first-order valence-corrected chi connectivity index (χ1v) is 21.2. The van der Waals surface area contributed by atoms with Crippen LogP contribution in [0.15, 0.2) is 60.9 Å². The van der Waals surface area contributed by atoms with Crippen molar-refractivity contribution >= 4 is 68.7 Å². The third-order valence-electron chi connectivity index (χ3n) is 10.6. The first-order chi connectivity index (χ1) is 29.3. The fraction of sp³-hybridized carbons (Fsp3) is 0.372. The summed E-state index contributed by atoms with van der Waals surface area (Å²) in [7, 11) is 0. The van der Waals surface area contributed by atoms with Crippen molar-refractivity contribution < 1.29 is 23.2 Å². The van der Waals surface area contributed by atoms with Crippen molar-refractivity contribution in [2.45, 2.75) is 66.1 Å². The predicted molar refractivity (Wildman–Crippen MR) is 236 cm³/mol. The van der Waals surface area contributed by atoms with Gasteiger partial charge >= 0.3 is 0 Å². The van der Waals surface area contributed by atoms with Gasteiger partial charge in [0.05, 0.1) is 59.1 Å². The van der Waals surface area contributed by atoms with Gasteiger partial charge in [-0.1, -0.05) is 12.1 Å². The summed E-state index contributed by atoms with van der Waals surface area (Å²) in [6, 6.07) is 13.7. The van der Waals surface area contributed by atoms with Gasteiger partial charge in [0, 0.05) is 55.6 Å². The van der Waals surface area contributed by atoms with Gasteiger partial charge in [-0.25, -0.2) is 28.7 Å². The van der Waals surface area contributed by atoms with E-state index in [0.29, 0.717) is 84.7 Å². The van der Waals surface area contributed by atoms with Crippen molar-refractivity contribution in [3.05, 3.63) is 88.7 Å². The molecular formula is C43H50F2N12O3S. The second kappa shape index (κ2) is 19.0. The number of unbranched alkanes of at least 4 members (excludes halogenated alkanes) is 1. The molecule has 5 heterocycles. The van der Waals surface area contributed by atoms with E-state index in [1.165, 1.54) is 17.4 Å². The van der Waals surface area contributed by atoms with E-state index in [1.54, 1.807) is 42.6 Å². The van der Waals surface area contributed by atoms with Gasteiger partial charge in [-0.2, -0.15) is 0 Å². The average molecular weight is 853 g/mol. The fourth-order valence-electron chi connectivity index (χ4n) is 7.43. The summed E-state index contributed by atoms with van der Waals surface area (Å²) in [6.45, 7) is 13.3. The SMILES string of the molecule is Cc1nc(NC(=O)c2ccccc2NC(=O)CCCCNC(=O)CN2CCN(c3ccc(Nc4ncc(F)c(-c5cc(F)c6c(c5)N(C(C)C)C(C)N6)n4)nc3)CC2)sc1C. The van der Waals surface area contributed by atoms with Crippen LogP contribution in [0.3, 0.4) is 0 Å². The first kappa shape index (κ1) is 42.8. The van der Waals surface area contributed by atoms with Crippen LogP contribution in [0.2, 0.25) is 0 Å². The van der Waals surface area contributed by atoms with Gasteiger partial charge in [0.1, 0.15) is 17.3 Å². The molecule has 3 amide bonds. The van der Waals surface area contributed by atoms with E-state index >= 15 is 8.78 Å². The van der Waals surface area contributed by atoms with E-state index in [1.807, 2.05) is 45.6 Å². The van der Waals surface area contributed by atoms with Crippen molar-refractivity contribution in [1.29, 1.82) is 0 Å². The molecule has 7 rings (SSSR count). The van der Waals surface area contributed by atoms with Crippen LogP contribution in [0, 0.1) is 25.5 Å². The number of aromatic nitrogens is 4. The van der Waals surface area contributed by atoms with Crippen molar-refractivity contribution in [3.63, 3.8) is 0 Å². The Balaban J connectivity index is 0.818. The molecule has 0 saturated carbocycles. The number of rotatable bonds is 15. The molecule has 3 aromatic heterocycles. The maximum atomic E-state index is 15.2. The highest BCUT2D eigenvalue weighted by molar-refractivity contribution is 7.15. The Hall–Kier alpha value is -6.27. The number of pyridine rings is 1. The fourth-order valence-corrected chi connectivity index (χ4v) is 8.24. The molecule has 2 aliphatic heterocycles. The molecule has 2 aromatic carbocycles. The molecular weight excluding hydrogens is 803 g/mol. The van der Waals surface area contributed by atoms with Crippen LogP contribution in [-0.2, 0) is 9.59 Å². The highest BCUT2D eigenvalue weighted by Gasteiger charge is 2.31. The lowest BCUT2D eigenvalue weighted by atomic mass is 10.1. The van der Waals surface area contributed by atoms with Gasteiger partial charge in [-0.15, -0.1) is 11.3 Å². The molecule has 5 N–H and O–H groups in total. The average Bonchev–Trinajstić information content (AvgIpc) is 3.75. The number of carbonyl (C=O) groups excluding carboxylic acids is 3. The zero-order valence-corrected chi connectivity index (χ0v) is 35.6. The number of thiazole rings is 1. The van der Waals surface area contributed by atoms with Crippen molar-refractivity contribution in [3.8, 4) is 11.3 Å². The van der Waals surface area contributed by atoms with E-state index in [-0.39, 0.29) is 54.5 Å². The number of hydrogen-bond donors (Lipinski definition) is 5. The van der Waals surface area contributed by atoms with Crippen molar-refractivity contribution in [2.24, 2.45) is 0 Å². The number of nitrogens with one attached hydrogen (secondary N) is 5. The van der Waals surface area contributed by atoms with E-state index in [4.69, 9.17) is 0 Å². The van der Waals surface area contributed by atoms with E-state index < -0.39 is 11.6 Å². The summed E-state index contributed by atoms with van der Waals surface area (Å²) in [5, 5.41) is 15.3. The van der Waals surface area contributed by atoms with E-state index in [0.717, 1.165) is 22.5 Å². The number of nitrogens with zero attached hydrogens (tertiary/aromatic N) is 7. The molecule has 5 aromatic rings. The molecule has 2 aliphatic rings. The standard InChI is InChI=1S/C43H50F2N12O3S/c1-25(2)57-28(5)50-40-32(44)20-29(21-35(40)57)39-33(45)23-48-42(53-39)52-36-14-13-30(22-47-36)56-18-16-55(17-19-56)24-38(59)46-15-9-8-12-37(58)51-34-11-7-6-10-31(34)41(60)54-43-49-26(3)27(4)61-43/h6-7,10-11,13-14,20-23,25,28,50H,8-9,12,15-19,24H2,1-5H3,(H,46,59)(H,51,58)(H,49,54,60)(H,47,48,52,53). The molecule has 61 heavy (non-hydrogen) atoms. The van der Waals surface area contributed by atoms with E-state index in [2.05, 4.69) is 56.3 Å². The minimum absolute atomic E-state index is 0.0221. The lowest BCUT2D eigenvalue weighted by Crippen LogP contribution is -2.49. The third kappa shape index (κ3) is 10.4. The molecule has 15 nitrogen and oxygen atoms in total. The molecule has 1 unspecified atom stereocenters. The number of halogens is 2. The number of fused-ring (bicyclic) bond motifs is 1. The molecule has 0 spiro atoms. The number of anilines is 7. The molecule has 1 saturated heterocycles. The minimum atomic E-state index is -0.668. The summed E-state index contributed by atoms with van der Waals surface area (Å²) in [5.41, 5.74) is 3.88. The number of aryl methyl sites for hydroxylation is 2. The highest BCUT2D eigenvalue weighted by Crippen LogP contribution is 2.41. The van der Waals surface area contributed by atoms with Gasteiger partial charge in [-0.3, -0.25) is 24.6 Å². The molecule has 18 heteroatoms. The van der Waals surface area contributed by atoms with Gasteiger partial charge in [0.15, 0.2) is 10.9 Å². The van der Waals surface area contributed by atoms with Crippen molar-refractivity contribution in [1.82, 2.24) is 30.2 Å². The quantitative estimate of drug-likeness (QED) is 0.0690. The smallest absolute Gasteiger partial charge is 0.259 e. The van der Waals surface area contributed by atoms with Gasteiger partial charge < -0.3 is 31.1 Å². The normalized spacial score (nSPS) is 15.0. The second-order valence-electron chi connectivity index (χ2n) is 15.4. The Kier molecular flexibility index (Phi) is 13.3. The maximum Gasteiger partial charge on any atom is 0.259 e. The Morgan fingerprint density at radius 3 is 2.43 bits per heavy atom. The predicted octanol–water partition coefficient (Wildman–Crippen LogP) is 6.92. The summed E-state index contributed by atoms with van der Waals surface area (Å²) in [6.07, 6.45) is 4.14. The summed E-state index contributed by atoms with van der Waals surface area (Å²) < 4.78 is 30.2. The number of hydrogen-bond acceptors (Lipinski definition) is 13. The van der Waals surface area contributed by atoms with Gasteiger partial charge in [0.25, 0.3) is 5.91 Å². The van der Waals surface area contributed by atoms with Crippen LogP contribution in [0.5, 0.6) is 0 Å². The van der Waals surface area contributed by atoms with Crippen LogP contribution in [0.4, 0.5) is 48.4 Å². The van der Waals surface area contributed by atoms with E-state index in [9.17, 15) is 14.4 Å². The van der Waals surface area contributed by atoms with Crippen LogP contribution >= 0.6 is 11.3 Å². The Morgan fingerprint density at radius 1 is 0.918 bits per heavy atom. The van der Waals surface area contributed by atoms with Crippen molar-refractivity contribution in [2.75, 3.05) is 70.3 Å². The molecule has 0 aliphatic carbocycles. The van der Waals surface area contributed by atoms with Gasteiger partial charge in [0.2, 0.25) is 17.8 Å². The largest absolute Gasteiger partial charge is 0.368 e. The lowest BCUT2D eigenvalue weighted by Gasteiger charge is -2.35. The minimum Gasteiger partial charge on any atom is -0.368 e. The topological polar surface area (TPSA) is 173 Å². The zero-order valence-electron chi connectivity index (χ0n) is 34.8. The zero-order chi connectivity index (χ0) is 43.2. The highest BCUT2D eigenvalue weighted by atomic mass is 32.1. The number of para-hydroxylation sites is 1. The van der Waals surface area contributed by atoms with Crippen LogP contribution in [-0.4, -0.2) is 94.0 Å². The lowest BCUT2D eigenvalue weighted by molar-refractivity contribution is -0.122. The summed E-state index contributed by atoms with van der Waals surface area (Å²) in [4.78, 5) is 63.1. The molecule has 320 valence electrons. The maximum absolute atomic E-state index is 15.2. The monoisotopic (exact) mass is 852 g/mol. The molecule has 0 radical (unpaired) electrons. The number of piperazine rings is 1. The Labute approximate surface area is 357 Å². The summed E-state index contributed by atoms with van der Waals surface area (Å²) in [5.74, 6) is -1.19. The Bertz CT molecular complexity index is 2370. The Morgan fingerprint density at radius 2 is 1.70 bits per heavy atom. The first-order valence-electron chi connectivity index (χ1n) is 20.4. The van der Waals surface area contributed by atoms with Crippen LogP contribution < -0.4 is 36.4 Å². The third-order valence-corrected chi connectivity index (χ3v) is 11.6. The van der Waals surface area contributed by atoms with Crippen LogP contribution in [0.1, 0.15) is 61.0 Å². The number of benzene rings is 2. The second-order valence-corrected chi connectivity index (χ2v) is 16.6. The molecule has 1 fully saturated rings.